The zero-order chi connectivity index (χ0) is 19.5. The molecule has 2 aliphatic heterocycles. The lowest BCUT2D eigenvalue weighted by molar-refractivity contribution is -0.125. The van der Waals surface area contributed by atoms with Gasteiger partial charge in [0, 0.05) is 19.5 Å². The minimum absolute atomic E-state index is 0.146. The summed E-state index contributed by atoms with van der Waals surface area (Å²) in [5.74, 6) is -0.184. The third-order valence-corrected chi connectivity index (χ3v) is 4.99. The summed E-state index contributed by atoms with van der Waals surface area (Å²) >= 11 is 0. The first kappa shape index (κ1) is 18.5. The quantitative estimate of drug-likeness (QED) is 0.884. The SMILES string of the molecule is C[C@@H]1CN(c2ccccc2NC(=O)[C@H]2CC(c3ccccc3)=NO2)C[C@H](C)O1. The second-order valence-electron chi connectivity index (χ2n) is 7.37. The van der Waals surface area contributed by atoms with Gasteiger partial charge in [-0.1, -0.05) is 47.6 Å². The Hall–Kier alpha value is -2.86. The minimum atomic E-state index is -0.620. The molecular formula is C22H25N3O3. The van der Waals surface area contributed by atoms with Gasteiger partial charge in [-0.05, 0) is 31.5 Å². The zero-order valence-electron chi connectivity index (χ0n) is 16.2. The van der Waals surface area contributed by atoms with Crippen molar-refractivity contribution in [2.75, 3.05) is 23.3 Å². The smallest absolute Gasteiger partial charge is 0.268 e. The highest BCUT2D eigenvalue weighted by atomic mass is 16.6. The number of ether oxygens (including phenoxy) is 1. The zero-order valence-corrected chi connectivity index (χ0v) is 16.2. The van der Waals surface area contributed by atoms with Crippen LogP contribution in [0.3, 0.4) is 0 Å². The molecule has 2 aromatic carbocycles. The molecule has 6 heteroatoms. The Kier molecular flexibility index (Phi) is 5.30. The normalized spacial score (nSPS) is 24.4. The van der Waals surface area contributed by atoms with Crippen molar-refractivity contribution in [1.29, 1.82) is 0 Å². The molecule has 0 aromatic heterocycles. The van der Waals surface area contributed by atoms with E-state index in [9.17, 15) is 4.79 Å². The van der Waals surface area contributed by atoms with Gasteiger partial charge in [0.1, 0.15) is 0 Å². The summed E-state index contributed by atoms with van der Waals surface area (Å²) < 4.78 is 5.83. The number of nitrogens with one attached hydrogen (secondary N) is 1. The van der Waals surface area contributed by atoms with E-state index >= 15 is 0 Å². The number of carbonyl (C=O) groups excluding carboxylic acids is 1. The molecule has 6 nitrogen and oxygen atoms in total. The highest BCUT2D eigenvalue weighted by Crippen LogP contribution is 2.29. The van der Waals surface area contributed by atoms with Gasteiger partial charge in [0.2, 0.25) is 6.10 Å². The third kappa shape index (κ3) is 4.02. The van der Waals surface area contributed by atoms with Gasteiger partial charge < -0.3 is 19.8 Å². The van der Waals surface area contributed by atoms with Crippen LogP contribution in [-0.4, -0.2) is 43.0 Å². The van der Waals surface area contributed by atoms with Crippen molar-refractivity contribution in [3.05, 3.63) is 60.2 Å². The fourth-order valence-electron chi connectivity index (χ4n) is 3.76. The van der Waals surface area contributed by atoms with E-state index in [4.69, 9.17) is 9.57 Å². The number of rotatable bonds is 4. The van der Waals surface area contributed by atoms with Gasteiger partial charge in [-0.15, -0.1) is 0 Å². The molecule has 0 aliphatic carbocycles. The molecule has 0 bridgehead atoms. The maximum absolute atomic E-state index is 12.8. The van der Waals surface area contributed by atoms with Gasteiger partial charge in [0.25, 0.3) is 5.91 Å². The van der Waals surface area contributed by atoms with E-state index in [0.717, 1.165) is 35.7 Å². The van der Waals surface area contributed by atoms with E-state index in [1.165, 1.54) is 0 Å². The molecule has 3 atom stereocenters. The number of nitrogens with zero attached hydrogens (tertiary/aromatic N) is 2. The number of para-hydroxylation sites is 2. The van der Waals surface area contributed by atoms with Gasteiger partial charge in [0.05, 0.1) is 29.3 Å². The summed E-state index contributed by atoms with van der Waals surface area (Å²) in [5.41, 5.74) is 3.56. The van der Waals surface area contributed by atoms with E-state index in [-0.39, 0.29) is 18.1 Å². The van der Waals surface area contributed by atoms with Gasteiger partial charge >= 0.3 is 0 Å². The van der Waals surface area contributed by atoms with Crippen molar-refractivity contribution >= 4 is 23.0 Å². The van der Waals surface area contributed by atoms with Gasteiger partial charge in [-0.25, -0.2) is 0 Å². The summed E-state index contributed by atoms with van der Waals surface area (Å²) in [6.07, 6.45) is 0.134. The number of carbonyl (C=O) groups is 1. The molecule has 4 rings (SSSR count). The van der Waals surface area contributed by atoms with E-state index in [2.05, 4.69) is 29.2 Å². The molecule has 1 amide bonds. The molecule has 1 fully saturated rings. The van der Waals surface area contributed by atoms with Crippen molar-refractivity contribution in [2.24, 2.45) is 5.16 Å². The predicted molar refractivity (Wildman–Crippen MR) is 110 cm³/mol. The van der Waals surface area contributed by atoms with E-state index < -0.39 is 6.10 Å². The van der Waals surface area contributed by atoms with E-state index in [0.29, 0.717) is 6.42 Å². The molecule has 2 heterocycles. The second kappa shape index (κ2) is 8.02. The van der Waals surface area contributed by atoms with Crippen molar-refractivity contribution in [1.82, 2.24) is 0 Å². The Morgan fingerprint density at radius 3 is 2.46 bits per heavy atom. The molecule has 1 N–H and O–H groups in total. The maximum atomic E-state index is 12.8. The topological polar surface area (TPSA) is 63.2 Å². The Morgan fingerprint density at radius 1 is 1.04 bits per heavy atom. The van der Waals surface area contributed by atoms with Crippen LogP contribution in [0.5, 0.6) is 0 Å². The van der Waals surface area contributed by atoms with Crippen LogP contribution in [0.4, 0.5) is 11.4 Å². The van der Waals surface area contributed by atoms with Crippen molar-refractivity contribution in [3.8, 4) is 0 Å². The number of hydrogen-bond donors (Lipinski definition) is 1. The first-order valence-corrected chi connectivity index (χ1v) is 9.68. The molecule has 0 spiro atoms. The maximum Gasteiger partial charge on any atom is 0.268 e. The predicted octanol–water partition coefficient (Wildman–Crippen LogP) is 3.43. The number of oxime groups is 1. The largest absolute Gasteiger partial charge is 0.382 e. The molecule has 0 unspecified atom stereocenters. The molecular weight excluding hydrogens is 354 g/mol. The van der Waals surface area contributed by atoms with Crippen LogP contribution < -0.4 is 10.2 Å². The molecule has 28 heavy (non-hydrogen) atoms. The first-order chi connectivity index (χ1) is 13.6. The van der Waals surface area contributed by atoms with Crippen LogP contribution in [0.25, 0.3) is 0 Å². The fourth-order valence-corrected chi connectivity index (χ4v) is 3.76. The van der Waals surface area contributed by atoms with Gasteiger partial charge in [-0.3, -0.25) is 4.79 Å². The van der Waals surface area contributed by atoms with Crippen LogP contribution in [0, 0.1) is 0 Å². The average molecular weight is 379 g/mol. The average Bonchev–Trinajstić information content (AvgIpc) is 3.19. The summed E-state index contributed by atoms with van der Waals surface area (Å²) in [4.78, 5) is 20.5. The minimum Gasteiger partial charge on any atom is -0.382 e. The Bertz CT molecular complexity index is 858. The van der Waals surface area contributed by atoms with Gasteiger partial charge in [0.15, 0.2) is 0 Å². The van der Waals surface area contributed by atoms with Gasteiger partial charge in [-0.2, -0.15) is 0 Å². The van der Waals surface area contributed by atoms with Crippen LogP contribution in [0.2, 0.25) is 0 Å². The Labute approximate surface area is 165 Å². The molecule has 2 aliphatic rings. The Balaban J connectivity index is 1.45. The number of benzene rings is 2. The monoisotopic (exact) mass is 379 g/mol. The van der Waals surface area contributed by atoms with E-state index in [1.54, 1.807) is 0 Å². The van der Waals surface area contributed by atoms with Crippen molar-refractivity contribution < 1.29 is 14.4 Å². The highest BCUT2D eigenvalue weighted by Gasteiger charge is 2.30. The molecule has 146 valence electrons. The lowest BCUT2D eigenvalue weighted by atomic mass is 10.0. The molecule has 2 aromatic rings. The lowest BCUT2D eigenvalue weighted by Gasteiger charge is -2.37. The lowest BCUT2D eigenvalue weighted by Crippen LogP contribution is -2.45. The van der Waals surface area contributed by atoms with Crippen LogP contribution in [0.15, 0.2) is 59.8 Å². The Morgan fingerprint density at radius 2 is 1.71 bits per heavy atom. The number of hydrogen-bond acceptors (Lipinski definition) is 5. The third-order valence-electron chi connectivity index (χ3n) is 4.99. The number of anilines is 2. The standard InChI is InChI=1S/C22H25N3O3/c1-15-13-25(14-16(2)27-15)20-11-7-6-10-18(20)23-22(26)21-12-19(24-28-21)17-8-4-3-5-9-17/h3-11,15-16,21H,12-14H2,1-2H3,(H,23,26)/t15-,16+,21-/m1/s1. The first-order valence-electron chi connectivity index (χ1n) is 9.68. The summed E-state index contributed by atoms with van der Waals surface area (Å²) in [6.45, 7) is 5.72. The van der Waals surface area contributed by atoms with E-state index in [1.807, 2.05) is 54.6 Å². The van der Waals surface area contributed by atoms with Crippen molar-refractivity contribution in [3.63, 3.8) is 0 Å². The summed E-state index contributed by atoms with van der Waals surface area (Å²) in [7, 11) is 0. The van der Waals surface area contributed by atoms with Crippen molar-refractivity contribution in [2.45, 2.75) is 38.6 Å². The number of morpholine rings is 1. The van der Waals surface area contributed by atoms with Crippen LogP contribution in [-0.2, 0) is 14.4 Å². The molecule has 1 saturated heterocycles. The fraction of sp³-hybridized carbons (Fsp3) is 0.364. The summed E-state index contributed by atoms with van der Waals surface area (Å²) in [5, 5.41) is 7.14. The highest BCUT2D eigenvalue weighted by molar-refractivity contribution is 6.06. The van der Waals surface area contributed by atoms with Crippen LogP contribution >= 0.6 is 0 Å². The molecule has 0 saturated carbocycles. The number of amides is 1. The second-order valence-corrected chi connectivity index (χ2v) is 7.37. The summed E-state index contributed by atoms with van der Waals surface area (Å²) in [6, 6.07) is 17.7. The van der Waals surface area contributed by atoms with Crippen LogP contribution in [0.1, 0.15) is 25.8 Å². The molecule has 0 radical (unpaired) electrons.